The van der Waals surface area contributed by atoms with Crippen LogP contribution in [0.3, 0.4) is 0 Å². The third-order valence-corrected chi connectivity index (χ3v) is 6.33. The lowest BCUT2D eigenvalue weighted by molar-refractivity contribution is -0.142. The van der Waals surface area contributed by atoms with Crippen molar-refractivity contribution in [2.75, 3.05) is 6.54 Å². The van der Waals surface area contributed by atoms with Crippen molar-refractivity contribution in [2.45, 2.75) is 62.7 Å². The van der Waals surface area contributed by atoms with E-state index in [1.807, 2.05) is 0 Å². The van der Waals surface area contributed by atoms with Gasteiger partial charge in [-0.05, 0) is 25.7 Å². The fraction of sp³-hybridized carbons (Fsp3) is 0.765. The molecule has 26 heavy (non-hydrogen) atoms. The molecule has 0 radical (unpaired) electrons. The van der Waals surface area contributed by atoms with E-state index in [9.17, 15) is 9.59 Å². The lowest BCUT2D eigenvalue weighted by Gasteiger charge is -2.18. The molecule has 5 rings (SSSR count). The molecule has 9 heteroatoms. The first-order chi connectivity index (χ1) is 12.1. The molecule has 1 aliphatic carbocycles. The minimum absolute atomic E-state index is 0. The molecule has 4 heterocycles. The Bertz CT molecular complexity index is 704. The molecular weight excluding hydrogens is 360 g/mol. The Balaban J connectivity index is 0.00000168. The number of halogens is 1. The molecule has 3 saturated heterocycles. The van der Waals surface area contributed by atoms with E-state index in [4.69, 9.17) is 15.0 Å². The van der Waals surface area contributed by atoms with E-state index in [1.54, 1.807) is 0 Å². The second kappa shape index (κ2) is 6.28. The number of amides is 2. The Kier molecular flexibility index (Phi) is 4.32. The zero-order valence-corrected chi connectivity index (χ0v) is 15.2. The summed E-state index contributed by atoms with van der Waals surface area (Å²) in [6.07, 6.45) is 5.85. The van der Waals surface area contributed by atoms with E-state index in [0.717, 1.165) is 38.5 Å². The summed E-state index contributed by atoms with van der Waals surface area (Å²) < 4.78 is 11.0. The van der Waals surface area contributed by atoms with Crippen LogP contribution < -0.4 is 5.73 Å². The summed E-state index contributed by atoms with van der Waals surface area (Å²) in [5.41, 5.74) is 5.85. The summed E-state index contributed by atoms with van der Waals surface area (Å²) in [5.74, 6) is 0.206. The fourth-order valence-electron chi connectivity index (χ4n) is 4.99. The fourth-order valence-corrected chi connectivity index (χ4v) is 4.99. The van der Waals surface area contributed by atoms with Crippen molar-refractivity contribution in [2.24, 2.45) is 17.6 Å². The zero-order chi connectivity index (χ0) is 17.2. The van der Waals surface area contributed by atoms with Crippen LogP contribution >= 0.6 is 12.4 Å². The number of rotatable bonds is 4. The first-order valence-corrected chi connectivity index (χ1v) is 9.19. The Morgan fingerprint density at radius 3 is 2.35 bits per heavy atom. The van der Waals surface area contributed by atoms with Gasteiger partial charge >= 0.3 is 0 Å². The first-order valence-electron chi connectivity index (χ1n) is 9.19. The Morgan fingerprint density at radius 2 is 1.73 bits per heavy atom. The summed E-state index contributed by atoms with van der Waals surface area (Å²) in [4.78, 5) is 31.0. The number of nitrogens with two attached hydrogens (primary N) is 1. The van der Waals surface area contributed by atoms with Crippen LogP contribution in [0.25, 0.3) is 0 Å². The number of carbonyl (C=O) groups is 2. The number of aromatic nitrogens is 2. The Labute approximate surface area is 157 Å². The molecule has 142 valence electrons. The minimum Gasteiger partial charge on any atom is -0.373 e. The van der Waals surface area contributed by atoms with E-state index in [2.05, 4.69) is 10.1 Å². The first kappa shape index (κ1) is 17.9. The standard InChI is InChI=1S/C17H22N4O4.ClH/c18-17(6-1-2-7-17)16-19-11(25-20-16)5-8-21-14(22)12-9-3-4-10(24-9)13(12)15(21)23;/h9-10,12-13H,1-8,18H2;1H. The Morgan fingerprint density at radius 1 is 1.12 bits per heavy atom. The average Bonchev–Trinajstić information content (AvgIpc) is 3.37. The van der Waals surface area contributed by atoms with Crippen molar-refractivity contribution in [3.05, 3.63) is 11.7 Å². The SMILES string of the molecule is Cl.NC1(c2noc(CCN3C(=O)C4C5CCC(O5)C4C3=O)n2)CCCC1. The molecule has 2 amide bonds. The Hall–Kier alpha value is -1.51. The summed E-state index contributed by atoms with van der Waals surface area (Å²) in [6.45, 7) is 0.281. The van der Waals surface area contributed by atoms with Crippen LogP contribution in [0.15, 0.2) is 4.52 Å². The van der Waals surface area contributed by atoms with E-state index in [1.165, 1.54) is 4.90 Å². The van der Waals surface area contributed by atoms with Gasteiger partial charge in [0.1, 0.15) is 0 Å². The maximum Gasteiger partial charge on any atom is 0.235 e. The molecule has 1 aromatic heterocycles. The zero-order valence-electron chi connectivity index (χ0n) is 14.4. The summed E-state index contributed by atoms with van der Waals surface area (Å²) in [5, 5.41) is 4.03. The molecule has 1 saturated carbocycles. The molecule has 4 unspecified atom stereocenters. The van der Waals surface area contributed by atoms with Crippen LogP contribution in [0.2, 0.25) is 0 Å². The highest BCUT2D eigenvalue weighted by atomic mass is 35.5. The monoisotopic (exact) mass is 382 g/mol. The van der Waals surface area contributed by atoms with E-state index < -0.39 is 5.54 Å². The molecule has 0 spiro atoms. The smallest absolute Gasteiger partial charge is 0.235 e. The predicted octanol–water partition coefficient (Wildman–Crippen LogP) is 0.924. The number of carbonyl (C=O) groups excluding carboxylic acids is 2. The van der Waals surface area contributed by atoms with Crippen LogP contribution in [-0.2, 0) is 26.3 Å². The second-order valence-electron chi connectivity index (χ2n) is 7.79. The van der Waals surface area contributed by atoms with Crippen LogP contribution in [-0.4, -0.2) is 45.6 Å². The van der Waals surface area contributed by atoms with Gasteiger partial charge in [-0.15, -0.1) is 12.4 Å². The summed E-state index contributed by atoms with van der Waals surface area (Å²) >= 11 is 0. The number of nitrogens with zero attached hydrogens (tertiary/aromatic N) is 3. The molecule has 4 fully saturated rings. The molecule has 4 aliphatic rings. The highest BCUT2D eigenvalue weighted by Gasteiger charge is 2.62. The van der Waals surface area contributed by atoms with Gasteiger partial charge in [0, 0.05) is 13.0 Å². The molecule has 2 bridgehead atoms. The lowest BCUT2D eigenvalue weighted by atomic mass is 9.81. The van der Waals surface area contributed by atoms with Gasteiger partial charge in [-0.25, -0.2) is 0 Å². The third-order valence-electron chi connectivity index (χ3n) is 6.33. The van der Waals surface area contributed by atoms with Crippen molar-refractivity contribution < 1.29 is 18.8 Å². The number of hydrogen-bond acceptors (Lipinski definition) is 7. The number of imide groups is 1. The van der Waals surface area contributed by atoms with Gasteiger partial charge in [0.25, 0.3) is 0 Å². The van der Waals surface area contributed by atoms with Crippen molar-refractivity contribution >= 4 is 24.2 Å². The van der Waals surface area contributed by atoms with Gasteiger partial charge < -0.3 is 15.0 Å². The van der Waals surface area contributed by atoms with Crippen molar-refractivity contribution in [1.82, 2.24) is 15.0 Å². The van der Waals surface area contributed by atoms with Gasteiger partial charge in [0.05, 0.1) is 29.6 Å². The largest absolute Gasteiger partial charge is 0.373 e. The third kappa shape index (κ3) is 2.50. The highest BCUT2D eigenvalue weighted by molar-refractivity contribution is 6.06. The number of fused-ring (bicyclic) bond motifs is 5. The van der Waals surface area contributed by atoms with Crippen molar-refractivity contribution in [1.29, 1.82) is 0 Å². The normalized spacial score (nSPS) is 34.4. The maximum absolute atomic E-state index is 12.6. The van der Waals surface area contributed by atoms with Gasteiger partial charge in [-0.3, -0.25) is 14.5 Å². The highest BCUT2D eigenvalue weighted by Crippen LogP contribution is 2.48. The van der Waals surface area contributed by atoms with Gasteiger partial charge in [-0.2, -0.15) is 4.98 Å². The van der Waals surface area contributed by atoms with Crippen LogP contribution in [0, 0.1) is 11.8 Å². The second-order valence-corrected chi connectivity index (χ2v) is 7.79. The predicted molar refractivity (Wildman–Crippen MR) is 91.2 cm³/mol. The summed E-state index contributed by atoms with van der Waals surface area (Å²) in [7, 11) is 0. The topological polar surface area (TPSA) is 112 Å². The quantitative estimate of drug-likeness (QED) is 0.770. The lowest BCUT2D eigenvalue weighted by Crippen LogP contribution is -2.36. The number of ether oxygens (including phenoxy) is 1. The van der Waals surface area contributed by atoms with Gasteiger partial charge in [0.15, 0.2) is 5.82 Å². The van der Waals surface area contributed by atoms with Crippen LogP contribution in [0.4, 0.5) is 0 Å². The van der Waals surface area contributed by atoms with Crippen LogP contribution in [0.1, 0.15) is 50.2 Å². The van der Waals surface area contributed by atoms with E-state index in [0.29, 0.717) is 18.1 Å². The maximum atomic E-state index is 12.6. The molecule has 3 aliphatic heterocycles. The number of likely N-dealkylation sites (tertiary alicyclic amines) is 1. The molecular formula is C17H23ClN4O4. The summed E-state index contributed by atoms with van der Waals surface area (Å²) in [6, 6.07) is 0. The minimum atomic E-state index is -0.491. The molecule has 0 aromatic carbocycles. The van der Waals surface area contributed by atoms with Crippen molar-refractivity contribution in [3.8, 4) is 0 Å². The van der Waals surface area contributed by atoms with Gasteiger partial charge in [-0.1, -0.05) is 18.0 Å². The van der Waals surface area contributed by atoms with Gasteiger partial charge in [0.2, 0.25) is 17.7 Å². The molecule has 2 N–H and O–H groups in total. The van der Waals surface area contributed by atoms with E-state index in [-0.39, 0.29) is 54.8 Å². The number of hydrogen-bond donors (Lipinski definition) is 1. The molecule has 4 atom stereocenters. The molecule has 1 aromatic rings. The molecule has 8 nitrogen and oxygen atoms in total. The van der Waals surface area contributed by atoms with E-state index >= 15 is 0 Å². The average molecular weight is 383 g/mol. The van der Waals surface area contributed by atoms with Crippen LogP contribution in [0.5, 0.6) is 0 Å². The van der Waals surface area contributed by atoms with Crippen molar-refractivity contribution in [3.63, 3.8) is 0 Å².